The van der Waals surface area contributed by atoms with Gasteiger partial charge >= 0.3 is 0 Å². The molecule has 4 atom stereocenters. The van der Waals surface area contributed by atoms with E-state index >= 15 is 0 Å². The van der Waals surface area contributed by atoms with E-state index in [1.807, 2.05) is 12.1 Å². The van der Waals surface area contributed by atoms with Crippen molar-refractivity contribution in [3.05, 3.63) is 167 Å². The SMILES string of the molecule is O=C1[C@H]2[C@@H](C=CC[C@@H]2c2cccc(/C=C/c3ccccc3)c2)[C@H](c2ccc3ccccc3c2)N1Cc1ccccc1. The number of fused-ring (bicyclic) bond motifs is 2. The van der Waals surface area contributed by atoms with Crippen LogP contribution in [-0.4, -0.2) is 10.8 Å². The fraction of sp³-hybridized carbons (Fsp3) is 0.154. The lowest BCUT2D eigenvalue weighted by Crippen LogP contribution is -2.31. The van der Waals surface area contributed by atoms with Crippen LogP contribution in [0.25, 0.3) is 22.9 Å². The molecule has 0 aromatic heterocycles. The van der Waals surface area contributed by atoms with Gasteiger partial charge < -0.3 is 4.90 Å². The smallest absolute Gasteiger partial charge is 0.227 e. The van der Waals surface area contributed by atoms with Crippen molar-refractivity contribution >= 4 is 28.8 Å². The number of hydrogen-bond donors (Lipinski definition) is 0. The van der Waals surface area contributed by atoms with Crippen LogP contribution in [0.15, 0.2) is 140 Å². The average Bonchev–Trinajstić information content (AvgIpc) is 3.32. The second kappa shape index (κ2) is 11.1. The lowest BCUT2D eigenvalue weighted by molar-refractivity contribution is -0.133. The Morgan fingerprint density at radius 1 is 0.659 bits per heavy atom. The quantitative estimate of drug-likeness (QED) is 0.158. The molecule has 0 spiro atoms. The van der Waals surface area contributed by atoms with E-state index in [2.05, 4.69) is 144 Å². The first-order valence-electron chi connectivity index (χ1n) is 14.6. The topological polar surface area (TPSA) is 20.3 Å². The third kappa shape index (κ3) is 5.02. The molecule has 2 nitrogen and oxygen atoms in total. The molecular formula is C39H33NO. The molecule has 2 heteroatoms. The van der Waals surface area contributed by atoms with Gasteiger partial charge in [-0.05, 0) is 57.0 Å². The summed E-state index contributed by atoms with van der Waals surface area (Å²) in [5.41, 5.74) is 5.96. The van der Waals surface area contributed by atoms with Crippen LogP contribution in [0.2, 0.25) is 0 Å². The molecule has 1 amide bonds. The molecule has 0 unspecified atom stereocenters. The first-order chi connectivity index (χ1) is 20.2. The number of likely N-dealkylation sites (tertiary alicyclic amines) is 1. The first-order valence-corrected chi connectivity index (χ1v) is 14.6. The van der Waals surface area contributed by atoms with Crippen molar-refractivity contribution < 1.29 is 4.79 Å². The summed E-state index contributed by atoms with van der Waals surface area (Å²) in [6.07, 6.45) is 9.84. The van der Waals surface area contributed by atoms with Crippen LogP contribution in [0.1, 0.15) is 46.2 Å². The monoisotopic (exact) mass is 531 g/mol. The highest BCUT2D eigenvalue weighted by molar-refractivity contribution is 5.86. The molecule has 0 radical (unpaired) electrons. The number of carbonyl (C=O) groups excluding carboxylic acids is 1. The Hall–Kier alpha value is -4.69. The molecule has 5 aromatic carbocycles. The van der Waals surface area contributed by atoms with E-state index in [1.165, 1.54) is 33.0 Å². The summed E-state index contributed by atoms with van der Waals surface area (Å²) in [6, 6.07) is 44.8. The molecule has 2 aliphatic rings. The van der Waals surface area contributed by atoms with Crippen molar-refractivity contribution in [3.63, 3.8) is 0 Å². The van der Waals surface area contributed by atoms with Crippen molar-refractivity contribution in [1.82, 2.24) is 4.90 Å². The van der Waals surface area contributed by atoms with Gasteiger partial charge in [-0.2, -0.15) is 0 Å². The van der Waals surface area contributed by atoms with Crippen molar-refractivity contribution in [2.24, 2.45) is 11.8 Å². The fourth-order valence-electron chi connectivity index (χ4n) is 6.84. The zero-order valence-corrected chi connectivity index (χ0v) is 23.0. The van der Waals surface area contributed by atoms with Gasteiger partial charge in [0.1, 0.15) is 0 Å². The predicted octanol–water partition coefficient (Wildman–Crippen LogP) is 9.07. The van der Waals surface area contributed by atoms with E-state index in [4.69, 9.17) is 0 Å². The lowest BCUT2D eigenvalue weighted by atomic mass is 9.71. The van der Waals surface area contributed by atoms with Crippen molar-refractivity contribution in [3.8, 4) is 0 Å². The third-order valence-electron chi connectivity index (χ3n) is 8.78. The highest BCUT2D eigenvalue weighted by atomic mass is 16.2. The number of nitrogens with zero attached hydrogens (tertiary/aromatic N) is 1. The van der Waals surface area contributed by atoms with Gasteiger partial charge in [0.25, 0.3) is 0 Å². The Kier molecular flexibility index (Phi) is 6.82. The van der Waals surface area contributed by atoms with Gasteiger partial charge in [0.05, 0.1) is 12.0 Å². The average molecular weight is 532 g/mol. The molecule has 5 aromatic rings. The van der Waals surface area contributed by atoms with Gasteiger partial charge in [-0.1, -0.05) is 146 Å². The normalized spacial score (nSPS) is 22.0. The maximum atomic E-state index is 14.4. The van der Waals surface area contributed by atoms with E-state index < -0.39 is 0 Å². The lowest BCUT2D eigenvalue weighted by Gasteiger charge is -2.31. The molecule has 1 saturated heterocycles. The minimum absolute atomic E-state index is 0.00230. The molecule has 1 aliphatic carbocycles. The first kappa shape index (κ1) is 25.3. The molecule has 7 rings (SSSR count). The number of hydrogen-bond acceptors (Lipinski definition) is 1. The van der Waals surface area contributed by atoms with Gasteiger partial charge in [0, 0.05) is 12.5 Å². The second-order valence-electron chi connectivity index (χ2n) is 11.3. The van der Waals surface area contributed by atoms with Gasteiger partial charge in [0.15, 0.2) is 0 Å². The van der Waals surface area contributed by atoms with Crippen molar-refractivity contribution in [2.45, 2.75) is 24.9 Å². The molecule has 41 heavy (non-hydrogen) atoms. The molecular weight excluding hydrogens is 498 g/mol. The minimum Gasteiger partial charge on any atom is -0.330 e. The summed E-state index contributed by atoms with van der Waals surface area (Å²) in [4.78, 5) is 16.6. The Balaban J connectivity index is 1.26. The Morgan fingerprint density at radius 3 is 2.20 bits per heavy atom. The molecule has 0 bridgehead atoms. The Morgan fingerprint density at radius 2 is 1.37 bits per heavy atom. The zero-order valence-electron chi connectivity index (χ0n) is 23.0. The summed E-state index contributed by atoms with van der Waals surface area (Å²) in [5, 5.41) is 2.44. The number of carbonyl (C=O) groups is 1. The van der Waals surface area contributed by atoms with Crippen LogP contribution in [0, 0.1) is 11.8 Å². The van der Waals surface area contributed by atoms with E-state index in [0.29, 0.717) is 6.54 Å². The van der Waals surface area contributed by atoms with Crippen LogP contribution >= 0.6 is 0 Å². The number of amides is 1. The Bertz CT molecular complexity index is 1740. The molecule has 0 N–H and O–H groups in total. The van der Waals surface area contributed by atoms with Crippen LogP contribution in [-0.2, 0) is 11.3 Å². The van der Waals surface area contributed by atoms with Gasteiger partial charge in [-0.15, -0.1) is 0 Å². The number of benzene rings is 5. The maximum absolute atomic E-state index is 14.4. The fourth-order valence-corrected chi connectivity index (χ4v) is 6.84. The van der Waals surface area contributed by atoms with Crippen LogP contribution in [0.4, 0.5) is 0 Å². The maximum Gasteiger partial charge on any atom is 0.227 e. The molecule has 0 saturated carbocycles. The Labute approximate surface area is 242 Å². The summed E-state index contributed by atoms with van der Waals surface area (Å²) in [6.45, 7) is 0.616. The standard InChI is InChI=1S/C39H33NO/c41-39-37-35(33-18-9-15-29(25-33)22-21-28-11-3-1-4-12-28)19-10-20-36(37)38(40(39)27-30-13-5-2-6-14-30)34-24-23-31-16-7-8-17-32(31)26-34/h1-18,20-26,35-38H,19,27H2/b22-21+/t35-,36-,37-,38+/m1/s1. The molecule has 1 aliphatic heterocycles. The highest BCUT2D eigenvalue weighted by Crippen LogP contribution is 2.52. The van der Waals surface area contributed by atoms with Gasteiger partial charge in [0.2, 0.25) is 5.91 Å². The summed E-state index contributed by atoms with van der Waals surface area (Å²) < 4.78 is 0. The van der Waals surface area contributed by atoms with Crippen LogP contribution in [0.3, 0.4) is 0 Å². The van der Waals surface area contributed by atoms with Crippen molar-refractivity contribution in [2.75, 3.05) is 0 Å². The van der Waals surface area contributed by atoms with Crippen molar-refractivity contribution in [1.29, 1.82) is 0 Å². The summed E-state index contributed by atoms with van der Waals surface area (Å²) >= 11 is 0. The molecule has 1 fully saturated rings. The number of rotatable bonds is 6. The van der Waals surface area contributed by atoms with E-state index in [-0.39, 0.29) is 29.7 Å². The third-order valence-corrected chi connectivity index (χ3v) is 8.78. The van der Waals surface area contributed by atoms with E-state index in [0.717, 1.165) is 12.0 Å². The van der Waals surface area contributed by atoms with Gasteiger partial charge in [-0.3, -0.25) is 4.79 Å². The minimum atomic E-state index is -0.0893. The summed E-state index contributed by atoms with van der Waals surface area (Å²) in [7, 11) is 0. The van der Waals surface area contributed by atoms with E-state index in [9.17, 15) is 4.79 Å². The van der Waals surface area contributed by atoms with Crippen LogP contribution < -0.4 is 0 Å². The zero-order chi connectivity index (χ0) is 27.6. The predicted molar refractivity (Wildman–Crippen MR) is 169 cm³/mol. The molecule has 200 valence electrons. The highest BCUT2D eigenvalue weighted by Gasteiger charge is 2.51. The van der Waals surface area contributed by atoms with Crippen LogP contribution in [0.5, 0.6) is 0 Å². The van der Waals surface area contributed by atoms with E-state index in [1.54, 1.807) is 0 Å². The number of allylic oxidation sites excluding steroid dienone is 1. The molecule has 1 heterocycles. The second-order valence-corrected chi connectivity index (χ2v) is 11.3. The largest absolute Gasteiger partial charge is 0.330 e. The summed E-state index contributed by atoms with van der Waals surface area (Å²) in [5.74, 6) is 0.436. The van der Waals surface area contributed by atoms with Gasteiger partial charge in [-0.25, -0.2) is 0 Å².